The number of hydrogen-bond acceptors (Lipinski definition) is 4. The zero-order valence-electron chi connectivity index (χ0n) is 10.6. The van der Waals surface area contributed by atoms with Crippen molar-refractivity contribution < 1.29 is 14.6 Å². The number of rotatable bonds is 4. The molecule has 4 nitrogen and oxygen atoms in total. The summed E-state index contributed by atoms with van der Waals surface area (Å²) in [5, 5.41) is 9.12. The van der Waals surface area contributed by atoms with Gasteiger partial charge in [-0.15, -0.1) is 0 Å². The molecular weight excluding hydrogens is 218 g/mol. The van der Waals surface area contributed by atoms with E-state index in [4.69, 9.17) is 10.8 Å². The topological polar surface area (TPSA) is 72.5 Å². The predicted octanol–water partition coefficient (Wildman–Crippen LogP) is 1.12. The number of hydrogen-bond donors (Lipinski definition) is 2. The Morgan fingerprint density at radius 1 is 1.35 bits per heavy atom. The molecule has 0 aliphatic carbocycles. The van der Waals surface area contributed by atoms with Gasteiger partial charge in [0.1, 0.15) is 5.54 Å². The molecule has 0 aliphatic rings. The lowest BCUT2D eigenvalue weighted by Gasteiger charge is -2.23. The zero-order valence-corrected chi connectivity index (χ0v) is 10.6. The Hall–Kier alpha value is -1.39. The van der Waals surface area contributed by atoms with Crippen molar-refractivity contribution in [3.05, 3.63) is 35.9 Å². The van der Waals surface area contributed by atoms with Crippen LogP contribution in [-0.2, 0) is 16.0 Å². The van der Waals surface area contributed by atoms with Crippen LogP contribution in [0.2, 0.25) is 0 Å². The summed E-state index contributed by atoms with van der Waals surface area (Å²) < 4.78 is 4.55. The molecule has 1 atom stereocenters. The van der Waals surface area contributed by atoms with Gasteiger partial charge in [-0.25, -0.2) is 4.79 Å². The van der Waals surface area contributed by atoms with E-state index >= 15 is 0 Å². The van der Waals surface area contributed by atoms with Gasteiger partial charge in [-0.3, -0.25) is 0 Å². The van der Waals surface area contributed by atoms with E-state index in [1.165, 1.54) is 7.11 Å². The van der Waals surface area contributed by atoms with Gasteiger partial charge in [-0.1, -0.05) is 44.2 Å². The molecule has 3 N–H and O–H groups in total. The van der Waals surface area contributed by atoms with Gasteiger partial charge < -0.3 is 15.6 Å². The summed E-state index contributed by atoms with van der Waals surface area (Å²) in [6.07, 6.45) is 0.261. The third-order valence-electron chi connectivity index (χ3n) is 2.24. The average molecular weight is 239 g/mol. The first-order chi connectivity index (χ1) is 8.12. The van der Waals surface area contributed by atoms with Gasteiger partial charge in [-0.05, 0) is 5.56 Å². The molecule has 1 aromatic rings. The summed E-state index contributed by atoms with van der Waals surface area (Å²) >= 11 is 0. The lowest BCUT2D eigenvalue weighted by Crippen LogP contribution is -2.53. The van der Waals surface area contributed by atoms with Crippen LogP contribution in [0.5, 0.6) is 0 Å². The predicted molar refractivity (Wildman–Crippen MR) is 67.5 cm³/mol. The van der Waals surface area contributed by atoms with Gasteiger partial charge in [0.25, 0.3) is 0 Å². The van der Waals surface area contributed by atoms with Crippen LogP contribution in [0.25, 0.3) is 0 Å². The Morgan fingerprint density at radius 2 is 1.88 bits per heavy atom. The Balaban J connectivity index is 0.00000121. The van der Waals surface area contributed by atoms with Crippen molar-refractivity contribution >= 4 is 5.97 Å². The van der Waals surface area contributed by atoms with Crippen molar-refractivity contribution in [3.63, 3.8) is 0 Å². The maximum Gasteiger partial charge on any atom is 0.328 e. The highest BCUT2D eigenvalue weighted by atomic mass is 16.5. The monoisotopic (exact) mass is 239 g/mol. The molecule has 0 heterocycles. The molecule has 0 saturated heterocycles. The summed E-state index contributed by atoms with van der Waals surface area (Å²) in [4.78, 5) is 11.4. The van der Waals surface area contributed by atoms with E-state index in [1.54, 1.807) is 0 Å². The summed E-state index contributed by atoms with van der Waals surface area (Å²) in [7, 11) is 1.25. The number of aliphatic hydroxyl groups is 1. The van der Waals surface area contributed by atoms with Crippen LogP contribution in [0.1, 0.15) is 19.4 Å². The molecule has 17 heavy (non-hydrogen) atoms. The smallest absolute Gasteiger partial charge is 0.328 e. The Labute approximate surface area is 102 Å². The van der Waals surface area contributed by atoms with Gasteiger partial charge in [0.2, 0.25) is 0 Å². The molecule has 0 fully saturated rings. The number of aliphatic hydroxyl groups excluding tert-OH is 1. The minimum Gasteiger partial charge on any atom is -0.468 e. The Kier molecular flexibility index (Phi) is 7.18. The van der Waals surface area contributed by atoms with Crippen LogP contribution in [0.15, 0.2) is 30.3 Å². The van der Waals surface area contributed by atoms with E-state index in [0.29, 0.717) is 0 Å². The molecular formula is C13H21NO3. The summed E-state index contributed by atoms with van der Waals surface area (Å²) in [5.74, 6) is -0.603. The maximum atomic E-state index is 11.4. The number of carbonyl (C=O) groups excluding carboxylic acids is 1. The number of methoxy groups -OCH3 is 1. The molecule has 0 spiro atoms. The second-order valence-corrected chi connectivity index (χ2v) is 3.47. The van der Waals surface area contributed by atoms with Crippen molar-refractivity contribution in [1.82, 2.24) is 0 Å². The van der Waals surface area contributed by atoms with Crippen molar-refractivity contribution in [2.24, 2.45) is 5.73 Å². The fraction of sp³-hybridized carbons (Fsp3) is 0.462. The first-order valence-corrected chi connectivity index (χ1v) is 5.64. The van der Waals surface area contributed by atoms with E-state index in [0.717, 1.165) is 5.56 Å². The molecule has 0 bridgehead atoms. The molecule has 1 aromatic carbocycles. The number of esters is 1. The normalized spacial score (nSPS) is 13.0. The Morgan fingerprint density at radius 3 is 2.29 bits per heavy atom. The molecule has 0 unspecified atom stereocenters. The minimum atomic E-state index is -1.35. The largest absolute Gasteiger partial charge is 0.468 e. The van der Waals surface area contributed by atoms with Crippen molar-refractivity contribution in [3.8, 4) is 0 Å². The fourth-order valence-electron chi connectivity index (χ4n) is 1.36. The quantitative estimate of drug-likeness (QED) is 0.772. The Bertz CT molecular complexity index is 327. The van der Waals surface area contributed by atoms with Crippen molar-refractivity contribution in [2.45, 2.75) is 25.8 Å². The standard InChI is InChI=1S/C11H15NO3.C2H6/c1-15-10(14)11(12,8-13)7-9-5-3-2-4-6-9;1-2/h2-6,13H,7-8,12H2,1H3;1-2H3/t11-;/m1./s1. The second-order valence-electron chi connectivity index (χ2n) is 3.47. The molecule has 0 radical (unpaired) electrons. The van der Waals surface area contributed by atoms with Gasteiger partial charge in [0, 0.05) is 6.42 Å². The van der Waals surface area contributed by atoms with Crippen LogP contribution in [-0.4, -0.2) is 30.3 Å². The lowest BCUT2D eigenvalue weighted by molar-refractivity contribution is -0.148. The highest BCUT2D eigenvalue weighted by Gasteiger charge is 2.34. The third kappa shape index (κ3) is 4.54. The molecule has 0 saturated carbocycles. The highest BCUT2D eigenvalue weighted by Crippen LogP contribution is 2.12. The van der Waals surface area contributed by atoms with Crippen LogP contribution < -0.4 is 5.73 Å². The number of benzene rings is 1. The third-order valence-corrected chi connectivity index (χ3v) is 2.24. The summed E-state index contributed by atoms with van der Waals surface area (Å²) in [5.41, 5.74) is 5.30. The highest BCUT2D eigenvalue weighted by molar-refractivity contribution is 5.81. The molecule has 4 heteroatoms. The van der Waals surface area contributed by atoms with Crippen molar-refractivity contribution in [1.29, 1.82) is 0 Å². The molecule has 0 aliphatic heterocycles. The van der Waals surface area contributed by atoms with E-state index in [9.17, 15) is 4.79 Å². The summed E-state index contributed by atoms with van der Waals surface area (Å²) in [6, 6.07) is 9.27. The van der Waals surface area contributed by atoms with Crippen LogP contribution >= 0.6 is 0 Å². The second kappa shape index (κ2) is 7.81. The van der Waals surface area contributed by atoms with Crippen molar-refractivity contribution in [2.75, 3.05) is 13.7 Å². The minimum absolute atomic E-state index is 0.261. The van der Waals surface area contributed by atoms with Gasteiger partial charge in [0.05, 0.1) is 13.7 Å². The first kappa shape index (κ1) is 15.6. The van der Waals surface area contributed by atoms with E-state index in [1.807, 2.05) is 44.2 Å². The van der Waals surface area contributed by atoms with Crippen LogP contribution in [0.4, 0.5) is 0 Å². The van der Waals surface area contributed by atoms with E-state index in [2.05, 4.69) is 4.74 Å². The molecule has 0 aromatic heterocycles. The first-order valence-electron chi connectivity index (χ1n) is 5.64. The maximum absolute atomic E-state index is 11.4. The lowest BCUT2D eigenvalue weighted by atomic mass is 9.93. The number of carbonyl (C=O) groups is 1. The number of ether oxygens (including phenoxy) is 1. The molecule has 96 valence electrons. The van der Waals surface area contributed by atoms with E-state index < -0.39 is 18.1 Å². The summed E-state index contributed by atoms with van der Waals surface area (Å²) in [6.45, 7) is 3.56. The van der Waals surface area contributed by atoms with Gasteiger partial charge in [0.15, 0.2) is 0 Å². The number of nitrogens with two attached hydrogens (primary N) is 1. The van der Waals surface area contributed by atoms with Crippen LogP contribution in [0.3, 0.4) is 0 Å². The SMILES string of the molecule is CC.COC(=O)[C@](N)(CO)Cc1ccccc1. The molecule has 0 amide bonds. The van der Waals surface area contributed by atoms with Crippen LogP contribution in [0, 0.1) is 0 Å². The van der Waals surface area contributed by atoms with E-state index in [-0.39, 0.29) is 6.42 Å². The molecule has 1 rings (SSSR count). The van der Waals surface area contributed by atoms with Gasteiger partial charge >= 0.3 is 5.97 Å². The average Bonchev–Trinajstić information content (AvgIpc) is 2.41. The fourth-order valence-corrected chi connectivity index (χ4v) is 1.36. The zero-order chi connectivity index (χ0) is 13.3. The van der Waals surface area contributed by atoms with Gasteiger partial charge in [-0.2, -0.15) is 0 Å².